The Morgan fingerprint density at radius 1 is 1.25 bits per heavy atom. The van der Waals surface area contributed by atoms with Gasteiger partial charge in [0, 0.05) is 10.8 Å². The van der Waals surface area contributed by atoms with Crippen molar-refractivity contribution in [2.75, 3.05) is 5.75 Å². The summed E-state index contributed by atoms with van der Waals surface area (Å²) >= 11 is 7.36. The van der Waals surface area contributed by atoms with Crippen molar-refractivity contribution < 1.29 is 0 Å². The number of nitrogens with zero attached hydrogens (tertiary/aromatic N) is 3. The first-order chi connectivity index (χ1) is 11.6. The third-order valence-corrected chi connectivity index (χ3v) is 4.96. The Bertz CT molecular complexity index is 976. The van der Waals surface area contributed by atoms with Gasteiger partial charge >= 0.3 is 0 Å². The lowest BCUT2D eigenvalue weighted by molar-refractivity contribution is 0.807. The number of aromatic nitrogens is 2. The highest BCUT2D eigenvalue weighted by molar-refractivity contribution is 7.99. The zero-order chi connectivity index (χ0) is 17.1. The first-order valence-electron chi connectivity index (χ1n) is 7.40. The van der Waals surface area contributed by atoms with E-state index in [1.165, 1.54) is 11.8 Å². The standard InChI is InChI=1S/C18H14ClN3OS/c1-12(10-20)11-24-18-21-16-5-3-2-4-15(16)17(23)22(18)14-8-6-13(19)7-9-14/h2-9,12H,11H2,1H3/t12-/m1/s1. The summed E-state index contributed by atoms with van der Waals surface area (Å²) in [5.74, 6) is 0.437. The number of rotatable bonds is 4. The second kappa shape index (κ2) is 7.08. The number of hydrogen-bond acceptors (Lipinski definition) is 4. The third kappa shape index (κ3) is 3.30. The third-order valence-electron chi connectivity index (χ3n) is 3.51. The highest BCUT2D eigenvalue weighted by Crippen LogP contribution is 2.23. The van der Waals surface area contributed by atoms with Crippen LogP contribution < -0.4 is 5.56 Å². The van der Waals surface area contributed by atoms with Gasteiger partial charge in [-0.15, -0.1) is 0 Å². The van der Waals surface area contributed by atoms with Crippen LogP contribution in [0.25, 0.3) is 16.6 Å². The van der Waals surface area contributed by atoms with Crippen molar-refractivity contribution in [3.8, 4) is 11.8 Å². The average Bonchev–Trinajstić information content (AvgIpc) is 2.61. The van der Waals surface area contributed by atoms with Crippen LogP contribution in [0.4, 0.5) is 0 Å². The largest absolute Gasteiger partial charge is 0.268 e. The molecule has 1 atom stereocenters. The SMILES string of the molecule is C[C@H](C#N)CSc1nc2ccccc2c(=O)n1-c1ccc(Cl)cc1. The predicted octanol–water partition coefficient (Wildman–Crippen LogP) is 4.29. The molecule has 0 spiro atoms. The minimum Gasteiger partial charge on any atom is -0.268 e. The molecule has 0 N–H and O–H groups in total. The van der Waals surface area contributed by atoms with Crippen molar-refractivity contribution in [3.05, 3.63) is 63.9 Å². The molecule has 1 aromatic heterocycles. The highest BCUT2D eigenvalue weighted by atomic mass is 35.5. The fourth-order valence-corrected chi connectivity index (χ4v) is 3.34. The number of nitriles is 1. The van der Waals surface area contributed by atoms with Crippen LogP contribution in [0.1, 0.15) is 6.92 Å². The highest BCUT2D eigenvalue weighted by Gasteiger charge is 2.14. The second-order valence-electron chi connectivity index (χ2n) is 5.37. The maximum absolute atomic E-state index is 13.0. The first kappa shape index (κ1) is 16.6. The normalized spacial score (nSPS) is 12.0. The summed E-state index contributed by atoms with van der Waals surface area (Å²) in [7, 11) is 0. The molecule has 0 aliphatic heterocycles. The predicted molar refractivity (Wildman–Crippen MR) is 97.9 cm³/mol. The molecular weight excluding hydrogens is 342 g/mol. The lowest BCUT2D eigenvalue weighted by atomic mass is 10.2. The molecule has 3 rings (SSSR count). The Balaban J connectivity index is 2.19. The molecule has 0 unspecified atom stereocenters. The van der Waals surface area contributed by atoms with E-state index in [1.807, 2.05) is 25.1 Å². The number of para-hydroxylation sites is 1. The Labute approximate surface area is 148 Å². The van der Waals surface area contributed by atoms with Gasteiger partial charge in [0.1, 0.15) is 0 Å². The number of fused-ring (bicyclic) bond motifs is 1. The first-order valence-corrected chi connectivity index (χ1v) is 8.76. The molecule has 120 valence electrons. The molecule has 0 saturated heterocycles. The van der Waals surface area contributed by atoms with E-state index in [9.17, 15) is 4.79 Å². The van der Waals surface area contributed by atoms with Crippen LogP contribution in [0.5, 0.6) is 0 Å². The molecule has 4 nitrogen and oxygen atoms in total. The molecule has 0 radical (unpaired) electrons. The van der Waals surface area contributed by atoms with E-state index >= 15 is 0 Å². The van der Waals surface area contributed by atoms with Crippen LogP contribution in [0.3, 0.4) is 0 Å². The summed E-state index contributed by atoms with van der Waals surface area (Å²) < 4.78 is 1.58. The average molecular weight is 356 g/mol. The maximum atomic E-state index is 13.0. The summed E-state index contributed by atoms with van der Waals surface area (Å²) in [4.78, 5) is 17.6. The van der Waals surface area contributed by atoms with E-state index in [1.54, 1.807) is 34.9 Å². The second-order valence-corrected chi connectivity index (χ2v) is 6.79. The van der Waals surface area contributed by atoms with Crippen molar-refractivity contribution in [1.82, 2.24) is 9.55 Å². The fraction of sp³-hybridized carbons (Fsp3) is 0.167. The van der Waals surface area contributed by atoms with Gasteiger partial charge in [0.15, 0.2) is 5.16 Å². The van der Waals surface area contributed by atoms with Crippen molar-refractivity contribution in [1.29, 1.82) is 5.26 Å². The molecule has 0 amide bonds. The quantitative estimate of drug-likeness (QED) is 0.517. The van der Waals surface area contributed by atoms with Gasteiger partial charge in [-0.05, 0) is 43.3 Å². The van der Waals surface area contributed by atoms with Crippen molar-refractivity contribution >= 4 is 34.3 Å². The van der Waals surface area contributed by atoms with Gasteiger partial charge in [0.2, 0.25) is 0 Å². The van der Waals surface area contributed by atoms with Gasteiger partial charge < -0.3 is 0 Å². The van der Waals surface area contributed by atoms with Gasteiger partial charge in [0.05, 0.1) is 28.6 Å². The molecule has 24 heavy (non-hydrogen) atoms. The number of halogens is 1. The molecule has 1 heterocycles. The molecule has 3 aromatic rings. The van der Waals surface area contributed by atoms with Crippen LogP contribution in [-0.2, 0) is 0 Å². The van der Waals surface area contributed by atoms with Crippen LogP contribution >= 0.6 is 23.4 Å². The Kier molecular flexibility index (Phi) is 4.89. The molecule has 0 bridgehead atoms. The van der Waals surface area contributed by atoms with Crippen molar-refractivity contribution in [3.63, 3.8) is 0 Å². The molecular formula is C18H14ClN3OS. The Hall–Kier alpha value is -2.29. The van der Waals surface area contributed by atoms with E-state index in [0.29, 0.717) is 32.5 Å². The summed E-state index contributed by atoms with van der Waals surface area (Å²) in [6.07, 6.45) is 0. The minimum atomic E-state index is -0.130. The van der Waals surface area contributed by atoms with Crippen LogP contribution in [0.2, 0.25) is 5.02 Å². The van der Waals surface area contributed by atoms with Crippen molar-refractivity contribution in [2.24, 2.45) is 5.92 Å². The van der Waals surface area contributed by atoms with Gasteiger partial charge in [-0.2, -0.15) is 5.26 Å². The van der Waals surface area contributed by atoms with Crippen LogP contribution in [0, 0.1) is 17.2 Å². The maximum Gasteiger partial charge on any atom is 0.266 e. The van der Waals surface area contributed by atoms with Gasteiger partial charge in [-0.1, -0.05) is 35.5 Å². The zero-order valence-corrected chi connectivity index (χ0v) is 14.5. The topological polar surface area (TPSA) is 58.7 Å². The lowest BCUT2D eigenvalue weighted by Crippen LogP contribution is -2.22. The van der Waals surface area contributed by atoms with Gasteiger partial charge in [-0.25, -0.2) is 4.98 Å². The molecule has 2 aromatic carbocycles. The summed E-state index contributed by atoms with van der Waals surface area (Å²) in [6.45, 7) is 1.85. The smallest absolute Gasteiger partial charge is 0.266 e. The molecule has 0 saturated carbocycles. The van der Waals surface area contributed by atoms with E-state index < -0.39 is 0 Å². The van der Waals surface area contributed by atoms with Crippen LogP contribution in [0.15, 0.2) is 58.5 Å². The summed E-state index contributed by atoms with van der Waals surface area (Å²) in [5.41, 5.74) is 1.23. The zero-order valence-electron chi connectivity index (χ0n) is 12.9. The monoisotopic (exact) mass is 355 g/mol. The fourth-order valence-electron chi connectivity index (χ4n) is 2.26. The Morgan fingerprint density at radius 2 is 1.96 bits per heavy atom. The number of thioether (sulfide) groups is 1. The van der Waals surface area contributed by atoms with Crippen molar-refractivity contribution in [2.45, 2.75) is 12.1 Å². The van der Waals surface area contributed by atoms with E-state index in [2.05, 4.69) is 11.1 Å². The molecule has 6 heteroatoms. The summed E-state index contributed by atoms with van der Waals surface area (Å²) in [6, 6.07) is 16.5. The van der Waals surface area contributed by atoms with E-state index in [4.69, 9.17) is 16.9 Å². The lowest BCUT2D eigenvalue weighted by Gasteiger charge is -2.13. The molecule has 0 aliphatic carbocycles. The summed E-state index contributed by atoms with van der Waals surface area (Å²) in [5, 5.41) is 10.7. The Morgan fingerprint density at radius 3 is 2.67 bits per heavy atom. The minimum absolute atomic E-state index is 0.128. The number of benzene rings is 2. The molecule has 0 aliphatic rings. The van der Waals surface area contributed by atoms with Gasteiger partial charge in [-0.3, -0.25) is 9.36 Å². The van der Waals surface area contributed by atoms with Gasteiger partial charge in [0.25, 0.3) is 5.56 Å². The van der Waals surface area contributed by atoms with E-state index in [0.717, 1.165) is 0 Å². The van der Waals surface area contributed by atoms with E-state index in [-0.39, 0.29) is 11.5 Å². The van der Waals surface area contributed by atoms with Crippen LogP contribution in [-0.4, -0.2) is 15.3 Å². The molecule has 0 fully saturated rings. The number of hydrogen-bond donors (Lipinski definition) is 0.